The summed E-state index contributed by atoms with van der Waals surface area (Å²) in [5.74, 6) is 0.617. The van der Waals surface area contributed by atoms with Gasteiger partial charge in [0.05, 0.1) is 0 Å². The summed E-state index contributed by atoms with van der Waals surface area (Å²) in [5, 5.41) is 3.81. The molecule has 27 heavy (non-hydrogen) atoms. The number of carbonyl (C=O) groups is 1. The van der Waals surface area contributed by atoms with Crippen molar-refractivity contribution in [1.29, 1.82) is 0 Å². The Labute approximate surface area is 159 Å². The van der Waals surface area contributed by atoms with Gasteiger partial charge in [-0.1, -0.05) is 18.5 Å². The van der Waals surface area contributed by atoms with Gasteiger partial charge in [-0.05, 0) is 18.9 Å². The van der Waals surface area contributed by atoms with Gasteiger partial charge < -0.3 is 14.0 Å². The van der Waals surface area contributed by atoms with Gasteiger partial charge >= 0.3 is 0 Å². The van der Waals surface area contributed by atoms with Crippen LogP contribution in [0, 0.1) is 0 Å². The number of hydrogen-bond donors (Lipinski definition) is 0. The van der Waals surface area contributed by atoms with Crippen LogP contribution in [0.15, 0.2) is 21.7 Å². The Balaban J connectivity index is 1.77. The van der Waals surface area contributed by atoms with E-state index < -0.39 is 10.0 Å². The van der Waals surface area contributed by atoms with E-state index in [4.69, 9.17) is 4.52 Å². The van der Waals surface area contributed by atoms with Crippen molar-refractivity contribution in [2.75, 3.05) is 20.1 Å². The van der Waals surface area contributed by atoms with E-state index in [2.05, 4.69) is 10.1 Å². The number of rotatable bonds is 6. The maximum atomic E-state index is 12.8. The van der Waals surface area contributed by atoms with Crippen LogP contribution in [0.1, 0.15) is 48.4 Å². The minimum Gasteiger partial charge on any atom is -0.345 e. The number of nitrogens with zero attached hydrogens (tertiary/aromatic N) is 5. The van der Waals surface area contributed by atoms with Crippen LogP contribution in [-0.4, -0.2) is 58.4 Å². The van der Waals surface area contributed by atoms with Gasteiger partial charge in [0.15, 0.2) is 5.82 Å². The lowest BCUT2D eigenvalue weighted by Crippen LogP contribution is -2.35. The number of sulfonamides is 1. The van der Waals surface area contributed by atoms with Gasteiger partial charge in [-0.2, -0.15) is 9.29 Å². The van der Waals surface area contributed by atoms with Gasteiger partial charge in [0.2, 0.25) is 15.9 Å². The maximum absolute atomic E-state index is 12.8. The van der Waals surface area contributed by atoms with Crippen molar-refractivity contribution in [2.24, 2.45) is 7.05 Å². The summed E-state index contributed by atoms with van der Waals surface area (Å²) >= 11 is 0. The first kappa shape index (κ1) is 19.6. The monoisotopic (exact) mass is 395 g/mol. The Morgan fingerprint density at radius 2 is 2.00 bits per heavy atom. The molecule has 2 aromatic heterocycles. The molecule has 9 nitrogen and oxygen atoms in total. The molecule has 0 N–H and O–H groups in total. The fraction of sp³-hybridized carbons (Fsp3) is 0.588. The average Bonchev–Trinajstić information content (AvgIpc) is 3.28. The number of piperidine rings is 1. The molecule has 1 amide bonds. The molecule has 3 rings (SSSR count). The van der Waals surface area contributed by atoms with Crippen LogP contribution < -0.4 is 0 Å². The zero-order chi connectivity index (χ0) is 19.6. The first-order valence-electron chi connectivity index (χ1n) is 9.06. The summed E-state index contributed by atoms with van der Waals surface area (Å²) in [6.07, 6.45) is 4.92. The highest BCUT2D eigenvalue weighted by Gasteiger charge is 2.29. The second-order valence-corrected chi connectivity index (χ2v) is 8.69. The highest BCUT2D eigenvalue weighted by atomic mass is 32.2. The SMILES string of the molecule is CCc1noc(CN(C)C(=O)c2cc(S(=O)(=O)N3CCCCC3)cn2C)n1. The molecule has 0 aliphatic carbocycles. The zero-order valence-electron chi connectivity index (χ0n) is 15.9. The van der Waals surface area contributed by atoms with E-state index in [9.17, 15) is 13.2 Å². The molecular formula is C17H25N5O4S. The first-order chi connectivity index (χ1) is 12.8. The smallest absolute Gasteiger partial charge is 0.270 e. The standard InChI is InChI=1S/C17H25N5O4S/c1-4-15-18-16(26-19-15)12-21(3)17(23)14-10-13(11-20(14)2)27(24,25)22-8-6-5-7-9-22/h10-11H,4-9,12H2,1-3H3. The molecule has 0 radical (unpaired) electrons. The topological polar surface area (TPSA) is 102 Å². The number of carbonyl (C=O) groups excluding carboxylic acids is 1. The molecule has 1 fully saturated rings. The van der Waals surface area contributed by atoms with Crippen molar-refractivity contribution in [2.45, 2.75) is 44.0 Å². The third kappa shape index (κ3) is 4.06. The van der Waals surface area contributed by atoms with E-state index in [1.807, 2.05) is 6.92 Å². The highest BCUT2D eigenvalue weighted by Crippen LogP contribution is 2.23. The Morgan fingerprint density at radius 3 is 2.63 bits per heavy atom. The largest absolute Gasteiger partial charge is 0.345 e. The maximum Gasteiger partial charge on any atom is 0.270 e. The van der Waals surface area contributed by atoms with Crippen molar-refractivity contribution >= 4 is 15.9 Å². The lowest BCUT2D eigenvalue weighted by molar-refractivity contribution is 0.0760. The fourth-order valence-corrected chi connectivity index (χ4v) is 4.70. The molecule has 1 saturated heterocycles. The van der Waals surface area contributed by atoms with Crippen molar-refractivity contribution in [3.8, 4) is 0 Å². The lowest BCUT2D eigenvalue weighted by Gasteiger charge is -2.25. The quantitative estimate of drug-likeness (QED) is 0.733. The average molecular weight is 395 g/mol. The van der Waals surface area contributed by atoms with Crippen LogP contribution in [0.4, 0.5) is 0 Å². The van der Waals surface area contributed by atoms with Gasteiger partial charge in [0.25, 0.3) is 5.91 Å². The van der Waals surface area contributed by atoms with Crippen molar-refractivity contribution in [3.63, 3.8) is 0 Å². The highest BCUT2D eigenvalue weighted by molar-refractivity contribution is 7.89. The molecular weight excluding hydrogens is 370 g/mol. The van der Waals surface area contributed by atoms with Crippen LogP contribution >= 0.6 is 0 Å². The molecule has 0 spiro atoms. The van der Waals surface area contributed by atoms with Gasteiger partial charge in [0.1, 0.15) is 17.1 Å². The Morgan fingerprint density at radius 1 is 1.30 bits per heavy atom. The molecule has 1 aliphatic rings. The third-order valence-electron chi connectivity index (χ3n) is 4.70. The lowest BCUT2D eigenvalue weighted by atomic mass is 10.2. The second kappa shape index (κ2) is 7.81. The van der Waals surface area contributed by atoms with Crippen molar-refractivity contribution in [3.05, 3.63) is 29.7 Å². The van der Waals surface area contributed by atoms with Gasteiger partial charge in [0, 0.05) is 39.8 Å². The van der Waals surface area contributed by atoms with Crippen LogP contribution in [0.25, 0.3) is 0 Å². The Kier molecular flexibility index (Phi) is 5.66. The predicted octanol–water partition coefficient (Wildman–Crippen LogP) is 1.42. The summed E-state index contributed by atoms with van der Waals surface area (Å²) < 4.78 is 33.8. The molecule has 1 aliphatic heterocycles. The van der Waals surface area contributed by atoms with Gasteiger partial charge in [-0.25, -0.2) is 8.42 Å². The zero-order valence-corrected chi connectivity index (χ0v) is 16.7. The second-order valence-electron chi connectivity index (χ2n) is 6.76. The molecule has 10 heteroatoms. The summed E-state index contributed by atoms with van der Waals surface area (Å²) in [6.45, 7) is 3.12. The van der Waals surface area contributed by atoms with Crippen molar-refractivity contribution < 1.29 is 17.7 Å². The van der Waals surface area contributed by atoms with Crippen LogP contribution in [-0.2, 0) is 30.0 Å². The van der Waals surface area contributed by atoms with Crippen LogP contribution in [0.5, 0.6) is 0 Å². The molecule has 0 bridgehead atoms. The molecule has 148 valence electrons. The van der Waals surface area contributed by atoms with Crippen LogP contribution in [0.3, 0.4) is 0 Å². The number of aryl methyl sites for hydroxylation is 2. The van der Waals surface area contributed by atoms with E-state index in [0.29, 0.717) is 36.9 Å². The summed E-state index contributed by atoms with van der Waals surface area (Å²) in [7, 11) is -0.301. The Hall–Kier alpha value is -2.20. The molecule has 0 aromatic carbocycles. The normalized spacial score (nSPS) is 15.8. The van der Waals surface area contributed by atoms with Crippen LogP contribution in [0.2, 0.25) is 0 Å². The van der Waals surface area contributed by atoms with E-state index in [0.717, 1.165) is 19.3 Å². The molecule has 0 unspecified atom stereocenters. The van der Waals surface area contributed by atoms with E-state index in [-0.39, 0.29) is 17.3 Å². The first-order valence-corrected chi connectivity index (χ1v) is 10.5. The predicted molar refractivity (Wildman–Crippen MR) is 97.5 cm³/mol. The molecule has 2 aromatic rings. The third-order valence-corrected chi connectivity index (χ3v) is 6.56. The van der Waals surface area contributed by atoms with E-state index >= 15 is 0 Å². The summed E-state index contributed by atoms with van der Waals surface area (Å²) in [4.78, 5) is 18.5. The number of aromatic nitrogens is 3. The minimum atomic E-state index is -3.58. The van der Waals surface area contributed by atoms with Gasteiger partial charge in [-0.15, -0.1) is 0 Å². The molecule has 3 heterocycles. The van der Waals surface area contributed by atoms with E-state index in [1.54, 1.807) is 18.7 Å². The number of hydrogen-bond acceptors (Lipinski definition) is 6. The van der Waals surface area contributed by atoms with E-state index in [1.165, 1.54) is 21.5 Å². The fourth-order valence-electron chi connectivity index (χ4n) is 3.11. The number of amides is 1. The van der Waals surface area contributed by atoms with Crippen molar-refractivity contribution in [1.82, 2.24) is 23.9 Å². The molecule has 0 atom stereocenters. The molecule has 0 saturated carbocycles. The minimum absolute atomic E-state index is 0.148. The summed E-state index contributed by atoms with van der Waals surface area (Å²) in [6, 6.07) is 1.44. The summed E-state index contributed by atoms with van der Waals surface area (Å²) in [5.41, 5.74) is 0.295. The van der Waals surface area contributed by atoms with Gasteiger partial charge in [-0.3, -0.25) is 4.79 Å². The Bertz CT molecular complexity index is 912.